The molecule has 1 saturated heterocycles. The number of hydrogen-bond donors (Lipinski definition) is 0. The maximum atomic E-state index is 13.2. The number of benzene rings is 1. The van der Waals surface area contributed by atoms with E-state index in [4.69, 9.17) is 9.47 Å². The quantitative estimate of drug-likeness (QED) is 0.837. The normalized spacial score (nSPS) is 26.2. The second-order valence-electron chi connectivity index (χ2n) is 6.22. The highest BCUT2D eigenvalue weighted by Gasteiger charge is 2.40. The zero-order valence-corrected chi connectivity index (χ0v) is 14.4. The monoisotopic (exact) mass is 344 g/mol. The van der Waals surface area contributed by atoms with Crippen molar-refractivity contribution in [3.8, 4) is 11.5 Å². The molecule has 6 heteroatoms. The number of thiazole rings is 1. The first-order valence-corrected chi connectivity index (χ1v) is 9.24. The fraction of sp³-hybridized carbons (Fsp3) is 0.444. The van der Waals surface area contributed by atoms with E-state index in [1.54, 1.807) is 17.5 Å². The molecule has 4 rings (SSSR count). The van der Waals surface area contributed by atoms with Crippen LogP contribution in [0.5, 0.6) is 11.5 Å². The van der Waals surface area contributed by atoms with E-state index in [2.05, 4.69) is 4.98 Å². The van der Waals surface area contributed by atoms with Gasteiger partial charge in [-0.15, -0.1) is 11.3 Å². The molecular weight excluding hydrogens is 324 g/mol. The number of fused-ring (bicyclic) bond motifs is 1. The lowest BCUT2D eigenvalue weighted by Crippen LogP contribution is -2.52. The SMILES string of the molecule is CC1Oc2ccccc2OC1C(=O)N1CCCCC1c1nccs1. The Morgan fingerprint density at radius 3 is 2.79 bits per heavy atom. The molecule has 2 aliphatic rings. The predicted octanol–water partition coefficient (Wildman–Crippen LogP) is 3.43. The summed E-state index contributed by atoms with van der Waals surface area (Å²) >= 11 is 1.61. The number of likely N-dealkylation sites (tertiary alicyclic amines) is 1. The first kappa shape index (κ1) is 15.4. The summed E-state index contributed by atoms with van der Waals surface area (Å²) < 4.78 is 11.9. The van der Waals surface area contributed by atoms with Crippen LogP contribution in [0, 0.1) is 0 Å². The van der Waals surface area contributed by atoms with Crippen molar-refractivity contribution in [2.24, 2.45) is 0 Å². The first-order valence-electron chi connectivity index (χ1n) is 8.36. The topological polar surface area (TPSA) is 51.7 Å². The maximum absolute atomic E-state index is 13.2. The van der Waals surface area contributed by atoms with E-state index in [1.165, 1.54) is 0 Å². The predicted molar refractivity (Wildman–Crippen MR) is 91.4 cm³/mol. The van der Waals surface area contributed by atoms with Crippen molar-refractivity contribution in [3.05, 3.63) is 40.8 Å². The van der Waals surface area contributed by atoms with Gasteiger partial charge in [0.15, 0.2) is 11.5 Å². The molecule has 1 aromatic carbocycles. The molecule has 2 aliphatic heterocycles. The molecule has 24 heavy (non-hydrogen) atoms. The number of carbonyl (C=O) groups is 1. The zero-order chi connectivity index (χ0) is 16.5. The Hall–Kier alpha value is -2.08. The van der Waals surface area contributed by atoms with Crippen LogP contribution in [0.15, 0.2) is 35.8 Å². The smallest absolute Gasteiger partial charge is 0.268 e. The van der Waals surface area contributed by atoms with Crippen molar-refractivity contribution in [1.82, 2.24) is 9.88 Å². The van der Waals surface area contributed by atoms with Crippen LogP contribution in [-0.2, 0) is 4.79 Å². The van der Waals surface area contributed by atoms with E-state index in [-0.39, 0.29) is 18.1 Å². The molecule has 0 bridgehead atoms. The standard InChI is InChI=1S/C18H20N2O3S/c1-12-16(23-15-8-3-2-7-14(15)22-12)18(21)20-10-5-4-6-13(20)17-19-9-11-24-17/h2-3,7-9,11-13,16H,4-6,10H2,1H3. The summed E-state index contributed by atoms with van der Waals surface area (Å²) in [4.78, 5) is 19.5. The number of para-hydroxylation sites is 2. The molecular formula is C18H20N2O3S. The highest BCUT2D eigenvalue weighted by molar-refractivity contribution is 7.09. The van der Waals surface area contributed by atoms with Crippen LogP contribution in [0.25, 0.3) is 0 Å². The number of nitrogens with zero attached hydrogens (tertiary/aromatic N) is 2. The van der Waals surface area contributed by atoms with Crippen LogP contribution < -0.4 is 9.47 Å². The number of carbonyl (C=O) groups excluding carboxylic acids is 1. The van der Waals surface area contributed by atoms with Gasteiger partial charge in [0, 0.05) is 18.1 Å². The molecule has 0 aliphatic carbocycles. The highest BCUT2D eigenvalue weighted by Crippen LogP contribution is 2.37. The van der Waals surface area contributed by atoms with Crippen molar-refractivity contribution in [1.29, 1.82) is 0 Å². The summed E-state index contributed by atoms with van der Waals surface area (Å²) in [6, 6.07) is 7.56. The zero-order valence-electron chi connectivity index (χ0n) is 13.6. The first-order chi connectivity index (χ1) is 11.7. The van der Waals surface area contributed by atoms with E-state index in [1.807, 2.05) is 41.5 Å². The summed E-state index contributed by atoms with van der Waals surface area (Å²) in [6.45, 7) is 2.64. The van der Waals surface area contributed by atoms with Gasteiger partial charge in [-0.25, -0.2) is 4.98 Å². The van der Waals surface area contributed by atoms with Crippen LogP contribution in [0.3, 0.4) is 0 Å². The molecule has 1 fully saturated rings. The van der Waals surface area contributed by atoms with E-state index >= 15 is 0 Å². The lowest BCUT2D eigenvalue weighted by Gasteiger charge is -2.39. The fourth-order valence-corrected chi connectivity index (χ4v) is 4.19. The highest BCUT2D eigenvalue weighted by atomic mass is 32.1. The summed E-state index contributed by atoms with van der Waals surface area (Å²) in [7, 11) is 0. The molecule has 1 aromatic heterocycles. The van der Waals surface area contributed by atoms with Crippen molar-refractivity contribution >= 4 is 17.2 Å². The molecule has 126 valence electrons. The van der Waals surface area contributed by atoms with Crippen LogP contribution >= 0.6 is 11.3 Å². The van der Waals surface area contributed by atoms with Crippen LogP contribution in [0.1, 0.15) is 37.2 Å². The molecule has 0 spiro atoms. The van der Waals surface area contributed by atoms with Gasteiger partial charge in [0.2, 0.25) is 6.10 Å². The van der Waals surface area contributed by atoms with Gasteiger partial charge >= 0.3 is 0 Å². The van der Waals surface area contributed by atoms with Crippen molar-refractivity contribution in [2.75, 3.05) is 6.54 Å². The summed E-state index contributed by atoms with van der Waals surface area (Å²) in [5, 5.41) is 2.97. The molecule has 3 atom stereocenters. The lowest BCUT2D eigenvalue weighted by atomic mass is 10.0. The van der Waals surface area contributed by atoms with Gasteiger partial charge in [-0.1, -0.05) is 12.1 Å². The van der Waals surface area contributed by atoms with Gasteiger partial charge in [-0.2, -0.15) is 0 Å². The molecule has 1 amide bonds. The van der Waals surface area contributed by atoms with Gasteiger partial charge in [0.25, 0.3) is 5.91 Å². The number of piperidine rings is 1. The van der Waals surface area contributed by atoms with Crippen LogP contribution in [0.2, 0.25) is 0 Å². The Morgan fingerprint density at radius 1 is 1.25 bits per heavy atom. The van der Waals surface area contributed by atoms with Crippen molar-refractivity contribution in [2.45, 2.75) is 44.4 Å². The number of rotatable bonds is 2. The third-order valence-electron chi connectivity index (χ3n) is 4.61. The maximum Gasteiger partial charge on any atom is 0.268 e. The Bertz CT molecular complexity index is 719. The van der Waals surface area contributed by atoms with Crippen molar-refractivity contribution < 1.29 is 14.3 Å². The number of aromatic nitrogens is 1. The third-order valence-corrected chi connectivity index (χ3v) is 5.48. The molecule has 2 aromatic rings. The van der Waals surface area contributed by atoms with Crippen molar-refractivity contribution in [3.63, 3.8) is 0 Å². The number of ether oxygens (including phenoxy) is 2. The lowest BCUT2D eigenvalue weighted by molar-refractivity contribution is -0.148. The van der Waals surface area contributed by atoms with Gasteiger partial charge in [0.1, 0.15) is 11.1 Å². The summed E-state index contributed by atoms with van der Waals surface area (Å²) in [6.07, 6.45) is 3.97. The second-order valence-corrected chi connectivity index (χ2v) is 7.15. The Morgan fingerprint density at radius 2 is 2.04 bits per heavy atom. The second kappa shape index (κ2) is 6.43. The van der Waals surface area contributed by atoms with Crippen LogP contribution in [-0.4, -0.2) is 34.5 Å². The number of amides is 1. The molecule has 3 heterocycles. The van der Waals surface area contributed by atoms with E-state index in [0.29, 0.717) is 11.5 Å². The molecule has 5 nitrogen and oxygen atoms in total. The van der Waals surface area contributed by atoms with Gasteiger partial charge in [-0.3, -0.25) is 4.79 Å². The van der Waals surface area contributed by atoms with E-state index in [9.17, 15) is 4.79 Å². The fourth-order valence-electron chi connectivity index (χ4n) is 3.41. The molecule has 0 saturated carbocycles. The Labute approximate surface area is 145 Å². The summed E-state index contributed by atoms with van der Waals surface area (Å²) in [5.41, 5.74) is 0. The molecule has 0 radical (unpaired) electrons. The minimum absolute atomic E-state index is 0.00287. The van der Waals surface area contributed by atoms with Gasteiger partial charge in [0.05, 0.1) is 6.04 Å². The Kier molecular flexibility index (Phi) is 4.14. The largest absolute Gasteiger partial charge is 0.482 e. The third kappa shape index (κ3) is 2.75. The van der Waals surface area contributed by atoms with E-state index < -0.39 is 6.10 Å². The van der Waals surface area contributed by atoms with Gasteiger partial charge < -0.3 is 14.4 Å². The molecule has 3 unspecified atom stereocenters. The number of hydrogen-bond acceptors (Lipinski definition) is 5. The van der Waals surface area contributed by atoms with Gasteiger partial charge in [-0.05, 0) is 38.3 Å². The minimum atomic E-state index is -0.611. The van der Waals surface area contributed by atoms with E-state index in [0.717, 1.165) is 30.8 Å². The average molecular weight is 344 g/mol. The average Bonchev–Trinajstić information content (AvgIpc) is 3.15. The molecule has 0 N–H and O–H groups in total. The minimum Gasteiger partial charge on any atom is -0.482 e. The summed E-state index contributed by atoms with van der Waals surface area (Å²) in [5.74, 6) is 1.33. The Balaban J connectivity index is 1.58. The van der Waals surface area contributed by atoms with Crippen LogP contribution in [0.4, 0.5) is 0 Å².